The average molecular weight is 270 g/mol. The van der Waals surface area contributed by atoms with E-state index >= 15 is 0 Å². The second kappa shape index (κ2) is 8.67. The van der Waals surface area contributed by atoms with Gasteiger partial charge in [0.1, 0.15) is 31.0 Å². The largest absolute Gasteiger partial charge is 0.463 e. The fraction of sp³-hybridized carbons (Fsp3) is 0.889. The number of ether oxygens (including phenoxy) is 1. The molecule has 4 unspecified atom stereocenters. The van der Waals surface area contributed by atoms with Crippen LogP contribution in [0.15, 0.2) is 0 Å². The Morgan fingerprint density at radius 2 is 1.65 bits per heavy atom. The van der Waals surface area contributed by atoms with Gasteiger partial charge in [0.25, 0.3) is 0 Å². The zero-order chi connectivity index (χ0) is 13.4. The number of hydrogen-bond donors (Lipinski definition) is 6. The average Bonchev–Trinajstić information content (AvgIpc) is 2.33. The summed E-state index contributed by atoms with van der Waals surface area (Å²) in [6, 6.07) is 0. The summed E-state index contributed by atoms with van der Waals surface area (Å²) in [4.78, 5) is 10.9. The monoisotopic (exact) mass is 270 g/mol. The molecule has 0 saturated heterocycles. The molecule has 7 nitrogen and oxygen atoms in total. The second-order valence-electron chi connectivity index (χ2n) is 3.46. The van der Waals surface area contributed by atoms with Crippen LogP contribution in [0.3, 0.4) is 0 Å². The van der Waals surface area contributed by atoms with E-state index in [9.17, 15) is 20.1 Å². The highest BCUT2D eigenvalue weighted by Crippen LogP contribution is 2.06. The molecule has 0 saturated carbocycles. The maximum Gasteiger partial charge on any atom is 0.306 e. The van der Waals surface area contributed by atoms with Crippen molar-refractivity contribution >= 4 is 18.6 Å². The fourth-order valence-electron chi connectivity index (χ4n) is 1.00. The molecule has 0 aliphatic rings. The zero-order valence-corrected chi connectivity index (χ0v) is 10.0. The van der Waals surface area contributed by atoms with E-state index in [1.807, 2.05) is 0 Å². The van der Waals surface area contributed by atoms with Crippen LogP contribution >= 0.6 is 12.6 Å². The normalized spacial score (nSPS) is 18.2. The third-order valence-electron chi connectivity index (χ3n) is 2.06. The minimum atomic E-state index is -1.72. The molecule has 0 aliphatic heterocycles. The van der Waals surface area contributed by atoms with Gasteiger partial charge in [-0.3, -0.25) is 4.79 Å². The van der Waals surface area contributed by atoms with Crippen molar-refractivity contribution in [1.82, 2.24) is 0 Å². The van der Waals surface area contributed by atoms with Crippen molar-refractivity contribution in [3.63, 3.8) is 0 Å². The van der Waals surface area contributed by atoms with Crippen molar-refractivity contribution in [1.29, 1.82) is 0 Å². The lowest BCUT2D eigenvalue weighted by molar-refractivity contribution is -0.155. The molecular formula is C9H18O7S. The van der Waals surface area contributed by atoms with Crippen molar-refractivity contribution in [2.45, 2.75) is 30.8 Å². The summed E-state index contributed by atoms with van der Waals surface area (Å²) in [7, 11) is 0. The van der Waals surface area contributed by atoms with Crippen molar-refractivity contribution in [3.8, 4) is 0 Å². The lowest BCUT2D eigenvalue weighted by atomic mass is 10.0. The number of aliphatic hydroxyl groups excluding tert-OH is 5. The smallest absolute Gasteiger partial charge is 0.306 e. The van der Waals surface area contributed by atoms with Crippen molar-refractivity contribution in [2.75, 3.05) is 19.0 Å². The molecule has 4 atom stereocenters. The van der Waals surface area contributed by atoms with Crippen LogP contribution in [0.4, 0.5) is 0 Å². The van der Waals surface area contributed by atoms with Gasteiger partial charge in [-0.25, -0.2) is 0 Å². The maximum atomic E-state index is 10.9. The van der Waals surface area contributed by atoms with Crippen LogP contribution in [0, 0.1) is 0 Å². The second-order valence-corrected chi connectivity index (χ2v) is 3.90. The molecule has 0 spiro atoms. The van der Waals surface area contributed by atoms with Crippen LogP contribution in [0.5, 0.6) is 0 Å². The molecular weight excluding hydrogens is 252 g/mol. The molecule has 0 radical (unpaired) electrons. The van der Waals surface area contributed by atoms with Gasteiger partial charge in [-0.15, -0.1) is 0 Å². The summed E-state index contributed by atoms with van der Waals surface area (Å²) < 4.78 is 4.58. The quantitative estimate of drug-likeness (QED) is 0.209. The number of thiol groups is 1. The van der Waals surface area contributed by atoms with Gasteiger partial charge in [0.05, 0.1) is 13.0 Å². The lowest BCUT2D eigenvalue weighted by Gasteiger charge is -2.25. The molecule has 0 amide bonds. The number of carbonyl (C=O) groups is 1. The Bertz CT molecular complexity index is 225. The van der Waals surface area contributed by atoms with Gasteiger partial charge in [-0.2, -0.15) is 12.6 Å². The molecule has 102 valence electrons. The highest BCUT2D eigenvalue weighted by atomic mass is 32.1. The number of aliphatic hydroxyl groups is 5. The van der Waals surface area contributed by atoms with Crippen LogP contribution in [0.25, 0.3) is 0 Å². The molecule has 0 aromatic carbocycles. The van der Waals surface area contributed by atoms with Gasteiger partial charge in [-0.1, -0.05) is 0 Å². The summed E-state index contributed by atoms with van der Waals surface area (Å²) in [5.41, 5.74) is 0. The van der Waals surface area contributed by atoms with E-state index in [-0.39, 0.29) is 6.42 Å². The molecule has 0 fully saturated rings. The molecule has 0 aromatic heterocycles. The number of carbonyl (C=O) groups excluding carboxylic acids is 1. The van der Waals surface area contributed by atoms with E-state index in [0.29, 0.717) is 5.75 Å². The molecule has 0 bridgehead atoms. The van der Waals surface area contributed by atoms with E-state index in [1.165, 1.54) is 0 Å². The SMILES string of the molecule is O=C(CCS)OCC(O)C(O)C(O)C(O)CO. The molecule has 5 N–H and O–H groups in total. The van der Waals surface area contributed by atoms with E-state index < -0.39 is 43.6 Å². The molecule has 0 aliphatic carbocycles. The summed E-state index contributed by atoms with van der Waals surface area (Å²) >= 11 is 3.80. The summed E-state index contributed by atoms with van der Waals surface area (Å²) in [5, 5.41) is 45.5. The highest BCUT2D eigenvalue weighted by Gasteiger charge is 2.30. The summed E-state index contributed by atoms with van der Waals surface area (Å²) in [6.45, 7) is -1.27. The van der Waals surface area contributed by atoms with Gasteiger partial charge in [0.15, 0.2) is 0 Å². The highest BCUT2D eigenvalue weighted by molar-refractivity contribution is 7.80. The Labute approximate surface area is 104 Å². The van der Waals surface area contributed by atoms with Crippen LogP contribution in [0.2, 0.25) is 0 Å². The number of hydrogen-bond acceptors (Lipinski definition) is 8. The van der Waals surface area contributed by atoms with Crippen molar-refractivity contribution in [2.24, 2.45) is 0 Å². The molecule has 0 aromatic rings. The molecule has 8 heteroatoms. The standard InChI is InChI=1S/C9H18O7S/c10-3-5(11)8(14)9(15)6(12)4-16-7(13)1-2-17/h5-6,8-12,14-15,17H,1-4H2. The first kappa shape index (κ1) is 16.6. The van der Waals surface area contributed by atoms with E-state index in [0.717, 1.165) is 0 Å². The molecule has 17 heavy (non-hydrogen) atoms. The third-order valence-corrected chi connectivity index (χ3v) is 2.28. The summed E-state index contributed by atoms with van der Waals surface area (Å²) in [6.07, 6.45) is -6.50. The van der Waals surface area contributed by atoms with E-state index in [1.54, 1.807) is 0 Å². The molecule has 0 heterocycles. The zero-order valence-electron chi connectivity index (χ0n) is 9.14. The Balaban J connectivity index is 4.04. The first-order chi connectivity index (χ1) is 7.93. The van der Waals surface area contributed by atoms with Crippen LogP contribution in [-0.2, 0) is 9.53 Å². The lowest BCUT2D eigenvalue weighted by Crippen LogP contribution is -2.47. The van der Waals surface area contributed by atoms with E-state index in [4.69, 9.17) is 10.2 Å². The van der Waals surface area contributed by atoms with Crippen LogP contribution in [-0.4, -0.2) is 74.9 Å². The Hall–Kier alpha value is -0.380. The number of esters is 1. The van der Waals surface area contributed by atoms with Crippen LogP contribution in [0.1, 0.15) is 6.42 Å². The van der Waals surface area contributed by atoms with Crippen LogP contribution < -0.4 is 0 Å². The third kappa shape index (κ3) is 6.20. The van der Waals surface area contributed by atoms with Gasteiger partial charge < -0.3 is 30.3 Å². The van der Waals surface area contributed by atoms with E-state index in [2.05, 4.69) is 17.4 Å². The van der Waals surface area contributed by atoms with Gasteiger partial charge in [-0.05, 0) is 0 Å². The predicted octanol–water partition coefficient (Wildman–Crippen LogP) is -2.71. The van der Waals surface area contributed by atoms with Gasteiger partial charge in [0, 0.05) is 5.75 Å². The molecule has 0 rings (SSSR count). The van der Waals surface area contributed by atoms with Crippen molar-refractivity contribution < 1.29 is 35.1 Å². The van der Waals surface area contributed by atoms with Gasteiger partial charge in [0.2, 0.25) is 0 Å². The van der Waals surface area contributed by atoms with Crippen molar-refractivity contribution in [3.05, 3.63) is 0 Å². The maximum absolute atomic E-state index is 10.9. The minimum absolute atomic E-state index is 0.0632. The Morgan fingerprint density at radius 1 is 1.12 bits per heavy atom. The Kier molecular flexibility index (Phi) is 8.48. The predicted molar refractivity (Wildman–Crippen MR) is 60.5 cm³/mol. The first-order valence-electron chi connectivity index (χ1n) is 5.03. The number of rotatable bonds is 8. The Morgan fingerprint density at radius 3 is 2.12 bits per heavy atom. The minimum Gasteiger partial charge on any atom is -0.463 e. The fourth-order valence-corrected chi connectivity index (χ4v) is 1.19. The first-order valence-corrected chi connectivity index (χ1v) is 5.66. The topological polar surface area (TPSA) is 127 Å². The van der Waals surface area contributed by atoms with Gasteiger partial charge >= 0.3 is 5.97 Å². The summed E-state index contributed by atoms with van der Waals surface area (Å²) in [5.74, 6) is -0.299.